The summed E-state index contributed by atoms with van der Waals surface area (Å²) in [4.78, 5) is 17.0. The molecule has 0 saturated heterocycles. The van der Waals surface area contributed by atoms with E-state index in [2.05, 4.69) is 15.4 Å². The topological polar surface area (TPSA) is 73.0 Å². The molecule has 6 heteroatoms. The zero-order chi connectivity index (χ0) is 21.3. The monoisotopic (exact) mass is 400 g/mol. The molecule has 0 atom stereocenters. The van der Waals surface area contributed by atoms with Crippen molar-refractivity contribution in [2.75, 3.05) is 5.32 Å². The zero-order valence-electron chi connectivity index (χ0n) is 17.6. The van der Waals surface area contributed by atoms with Gasteiger partial charge >= 0.3 is 0 Å². The zero-order valence-corrected chi connectivity index (χ0v) is 17.6. The van der Waals surface area contributed by atoms with E-state index in [4.69, 9.17) is 4.42 Å². The molecule has 0 fully saturated rings. The maximum Gasteiger partial charge on any atom is 0.255 e. The van der Waals surface area contributed by atoms with E-state index in [1.54, 1.807) is 0 Å². The fourth-order valence-electron chi connectivity index (χ4n) is 3.28. The Morgan fingerprint density at radius 2 is 1.70 bits per heavy atom. The Kier molecular flexibility index (Phi) is 5.23. The van der Waals surface area contributed by atoms with Crippen LogP contribution in [0, 0.1) is 27.7 Å². The third kappa shape index (κ3) is 4.17. The smallest absolute Gasteiger partial charge is 0.255 e. The van der Waals surface area contributed by atoms with Gasteiger partial charge in [0.2, 0.25) is 5.89 Å². The number of rotatable bonds is 5. The normalized spacial score (nSPS) is 10.9. The highest BCUT2D eigenvalue weighted by atomic mass is 16.4. The van der Waals surface area contributed by atoms with E-state index in [0.717, 1.165) is 39.7 Å². The molecule has 0 radical (unpaired) electrons. The highest BCUT2D eigenvalue weighted by Gasteiger charge is 2.14. The maximum atomic E-state index is 12.4. The van der Waals surface area contributed by atoms with Gasteiger partial charge in [-0.3, -0.25) is 9.48 Å². The van der Waals surface area contributed by atoms with Crippen molar-refractivity contribution in [1.82, 2.24) is 14.8 Å². The van der Waals surface area contributed by atoms with E-state index < -0.39 is 0 Å². The largest absolute Gasteiger partial charge is 0.441 e. The molecule has 0 aliphatic rings. The Morgan fingerprint density at radius 3 is 2.33 bits per heavy atom. The van der Waals surface area contributed by atoms with Crippen molar-refractivity contribution in [2.45, 2.75) is 34.2 Å². The predicted octanol–water partition coefficient (Wildman–Crippen LogP) is 5.07. The summed E-state index contributed by atoms with van der Waals surface area (Å²) >= 11 is 0. The molecule has 6 nitrogen and oxygen atoms in total. The van der Waals surface area contributed by atoms with Crippen LogP contribution in [-0.4, -0.2) is 20.7 Å². The molecule has 0 saturated carbocycles. The number of carbonyl (C=O) groups is 1. The van der Waals surface area contributed by atoms with E-state index in [0.29, 0.717) is 18.0 Å². The van der Waals surface area contributed by atoms with E-state index in [9.17, 15) is 4.79 Å². The second-order valence-corrected chi connectivity index (χ2v) is 7.50. The van der Waals surface area contributed by atoms with Crippen LogP contribution in [0.1, 0.15) is 38.8 Å². The van der Waals surface area contributed by atoms with Gasteiger partial charge in [-0.25, -0.2) is 4.98 Å². The second kappa shape index (κ2) is 7.99. The molecule has 152 valence electrons. The van der Waals surface area contributed by atoms with Crippen molar-refractivity contribution in [2.24, 2.45) is 0 Å². The molecule has 1 N–H and O–H groups in total. The fourth-order valence-corrected chi connectivity index (χ4v) is 3.28. The molecule has 0 aliphatic heterocycles. The van der Waals surface area contributed by atoms with Gasteiger partial charge in [-0.15, -0.1) is 0 Å². The SMILES string of the molecule is Cc1ccc(C(=O)Nc2ccc(-c3nc(Cn4nc(C)cc4C)c(C)o3)cc2)cc1. The molecule has 0 unspecified atom stereocenters. The van der Waals surface area contributed by atoms with Gasteiger partial charge in [0.15, 0.2) is 0 Å². The van der Waals surface area contributed by atoms with E-state index in [1.165, 1.54) is 0 Å². The highest BCUT2D eigenvalue weighted by molar-refractivity contribution is 6.04. The van der Waals surface area contributed by atoms with Crippen molar-refractivity contribution in [3.63, 3.8) is 0 Å². The first-order valence-corrected chi connectivity index (χ1v) is 9.85. The third-order valence-electron chi connectivity index (χ3n) is 5.00. The van der Waals surface area contributed by atoms with Gasteiger partial charge in [0.1, 0.15) is 11.5 Å². The van der Waals surface area contributed by atoms with E-state index in [-0.39, 0.29) is 5.91 Å². The summed E-state index contributed by atoms with van der Waals surface area (Å²) < 4.78 is 7.81. The van der Waals surface area contributed by atoms with E-state index >= 15 is 0 Å². The van der Waals surface area contributed by atoms with Gasteiger partial charge in [0, 0.05) is 22.5 Å². The van der Waals surface area contributed by atoms with Crippen LogP contribution < -0.4 is 5.32 Å². The Labute approximate surface area is 175 Å². The lowest BCUT2D eigenvalue weighted by Crippen LogP contribution is -2.11. The summed E-state index contributed by atoms with van der Waals surface area (Å²) in [7, 11) is 0. The maximum absolute atomic E-state index is 12.4. The fraction of sp³-hybridized carbons (Fsp3) is 0.208. The van der Waals surface area contributed by atoms with Crippen LogP contribution in [0.5, 0.6) is 0 Å². The average molecular weight is 400 g/mol. The summed E-state index contributed by atoms with van der Waals surface area (Å²) in [5.74, 6) is 1.19. The van der Waals surface area contributed by atoms with Crippen molar-refractivity contribution in [3.8, 4) is 11.5 Å². The number of oxazole rings is 1. The number of nitrogens with zero attached hydrogens (tertiary/aromatic N) is 3. The number of carbonyl (C=O) groups excluding carboxylic acids is 1. The van der Waals surface area contributed by atoms with Gasteiger partial charge in [-0.2, -0.15) is 5.10 Å². The summed E-state index contributed by atoms with van der Waals surface area (Å²) in [5.41, 5.74) is 6.24. The molecule has 0 bridgehead atoms. The van der Waals surface area contributed by atoms with Gasteiger partial charge < -0.3 is 9.73 Å². The molecule has 2 aromatic carbocycles. The highest BCUT2D eigenvalue weighted by Crippen LogP contribution is 2.24. The number of aromatic nitrogens is 3. The molecular formula is C24H24N4O2. The minimum absolute atomic E-state index is 0.137. The minimum atomic E-state index is -0.137. The molecule has 4 rings (SSSR count). The van der Waals surface area contributed by atoms with Crippen LogP contribution in [0.2, 0.25) is 0 Å². The first kappa shape index (κ1) is 19.6. The Morgan fingerprint density at radius 1 is 1.00 bits per heavy atom. The van der Waals surface area contributed by atoms with Crippen LogP contribution in [0.25, 0.3) is 11.5 Å². The van der Waals surface area contributed by atoms with Crippen molar-refractivity contribution in [3.05, 3.63) is 88.6 Å². The molecule has 30 heavy (non-hydrogen) atoms. The quantitative estimate of drug-likeness (QED) is 0.507. The first-order valence-electron chi connectivity index (χ1n) is 9.85. The number of hydrogen-bond donors (Lipinski definition) is 1. The van der Waals surface area contributed by atoms with Gasteiger partial charge in [-0.05, 0) is 70.2 Å². The molecule has 0 aliphatic carbocycles. The lowest BCUT2D eigenvalue weighted by molar-refractivity contribution is 0.102. The number of hydrogen-bond acceptors (Lipinski definition) is 4. The predicted molar refractivity (Wildman–Crippen MR) is 117 cm³/mol. The molecule has 4 aromatic rings. The lowest BCUT2D eigenvalue weighted by atomic mass is 10.1. The number of aryl methyl sites for hydroxylation is 4. The second-order valence-electron chi connectivity index (χ2n) is 7.50. The number of anilines is 1. The Bertz CT molecular complexity index is 1190. The van der Waals surface area contributed by atoms with Crippen LogP contribution in [0.3, 0.4) is 0 Å². The molecule has 2 heterocycles. The van der Waals surface area contributed by atoms with Crippen LogP contribution >= 0.6 is 0 Å². The van der Waals surface area contributed by atoms with E-state index in [1.807, 2.05) is 87.0 Å². The molecular weight excluding hydrogens is 376 g/mol. The summed E-state index contributed by atoms with van der Waals surface area (Å²) in [5, 5.41) is 7.40. The molecule has 0 spiro atoms. The summed E-state index contributed by atoms with van der Waals surface area (Å²) in [6.45, 7) is 8.48. The van der Waals surface area contributed by atoms with Crippen LogP contribution in [-0.2, 0) is 6.54 Å². The minimum Gasteiger partial charge on any atom is -0.441 e. The average Bonchev–Trinajstić information content (AvgIpc) is 3.24. The lowest BCUT2D eigenvalue weighted by Gasteiger charge is -2.06. The van der Waals surface area contributed by atoms with Crippen molar-refractivity contribution >= 4 is 11.6 Å². The van der Waals surface area contributed by atoms with Crippen molar-refractivity contribution in [1.29, 1.82) is 0 Å². The Hall–Kier alpha value is -3.67. The molecule has 1 amide bonds. The van der Waals surface area contributed by atoms with Gasteiger partial charge in [0.05, 0.1) is 12.2 Å². The van der Waals surface area contributed by atoms with Gasteiger partial charge in [-0.1, -0.05) is 17.7 Å². The van der Waals surface area contributed by atoms with Crippen LogP contribution in [0.15, 0.2) is 59.0 Å². The van der Waals surface area contributed by atoms with Crippen molar-refractivity contribution < 1.29 is 9.21 Å². The Balaban J connectivity index is 1.48. The standard InChI is InChI=1S/C24H24N4O2/c1-15-5-7-19(8-6-15)23(29)25-21-11-9-20(10-12-21)24-26-22(18(4)30-24)14-28-17(3)13-16(2)27-28/h5-13H,14H2,1-4H3,(H,25,29). The third-order valence-corrected chi connectivity index (χ3v) is 5.00. The summed E-state index contributed by atoms with van der Waals surface area (Å²) in [6, 6.07) is 17.0. The van der Waals surface area contributed by atoms with Crippen LogP contribution in [0.4, 0.5) is 5.69 Å². The van der Waals surface area contributed by atoms with Gasteiger partial charge in [0.25, 0.3) is 5.91 Å². The summed E-state index contributed by atoms with van der Waals surface area (Å²) in [6.07, 6.45) is 0. The number of benzene rings is 2. The first-order chi connectivity index (χ1) is 14.4. The number of amides is 1. The number of nitrogens with one attached hydrogen (secondary N) is 1. The molecule has 2 aromatic heterocycles.